The van der Waals surface area contributed by atoms with E-state index in [9.17, 15) is 14.4 Å². The third kappa shape index (κ3) is 4.82. The number of amides is 4. The fourth-order valence-electron chi connectivity index (χ4n) is 4.34. The van der Waals surface area contributed by atoms with Gasteiger partial charge in [0.15, 0.2) is 0 Å². The van der Waals surface area contributed by atoms with Crippen molar-refractivity contribution in [3.63, 3.8) is 0 Å². The Morgan fingerprint density at radius 1 is 0.711 bits per heavy atom. The lowest BCUT2D eigenvalue weighted by Crippen LogP contribution is -2.57. The molecule has 0 spiro atoms. The number of hydrogen-bond acceptors (Lipinski definition) is 4. The van der Waals surface area contributed by atoms with Crippen molar-refractivity contribution in [2.75, 3.05) is 16.9 Å². The number of benzene rings is 4. The van der Waals surface area contributed by atoms with E-state index in [0.29, 0.717) is 34.1 Å². The molecule has 0 radical (unpaired) electrons. The molecule has 0 N–H and O–H groups in total. The van der Waals surface area contributed by atoms with E-state index in [1.807, 2.05) is 30.3 Å². The number of anilines is 2. The Morgan fingerprint density at radius 3 is 1.82 bits per heavy atom. The van der Waals surface area contributed by atoms with Crippen molar-refractivity contribution in [3.05, 3.63) is 130 Å². The molecule has 1 aliphatic rings. The Morgan fingerprint density at radius 2 is 1.26 bits per heavy atom. The minimum atomic E-state index is -0.736. The monoisotopic (exact) mass is 522 g/mol. The third-order valence-electron chi connectivity index (χ3n) is 6.27. The van der Waals surface area contributed by atoms with Crippen LogP contribution in [0.1, 0.15) is 16.7 Å². The van der Waals surface area contributed by atoms with Crippen LogP contribution < -0.4 is 14.5 Å². The molecule has 1 fully saturated rings. The van der Waals surface area contributed by atoms with Gasteiger partial charge in [-0.2, -0.15) is 0 Å². The van der Waals surface area contributed by atoms with Crippen LogP contribution in [0.2, 0.25) is 5.02 Å². The number of nitrogens with zero attached hydrogens (tertiary/aromatic N) is 2. The molecule has 0 atom stereocenters. The summed E-state index contributed by atoms with van der Waals surface area (Å²) >= 11 is 6.42. The summed E-state index contributed by atoms with van der Waals surface area (Å²) in [5.74, 6) is -0.765. The van der Waals surface area contributed by atoms with Crippen molar-refractivity contribution in [1.29, 1.82) is 0 Å². The number of carbonyl (C=O) groups is 3. The Bertz CT molecular complexity index is 1490. The fraction of sp³-hybridized carbons (Fsp3) is 0.0645. The summed E-state index contributed by atoms with van der Waals surface area (Å²) in [5, 5.41) is 0.606. The van der Waals surface area contributed by atoms with Crippen LogP contribution in [0.4, 0.5) is 16.2 Å². The molecule has 6 nitrogen and oxygen atoms in total. The number of methoxy groups -OCH3 is 1. The Balaban J connectivity index is 1.65. The molecular weight excluding hydrogens is 500 g/mol. The first kappa shape index (κ1) is 25.0. The van der Waals surface area contributed by atoms with Gasteiger partial charge >= 0.3 is 6.03 Å². The molecule has 4 aromatic carbocycles. The van der Waals surface area contributed by atoms with E-state index in [4.69, 9.17) is 16.3 Å². The molecule has 5 rings (SSSR count). The van der Waals surface area contributed by atoms with Gasteiger partial charge in [0.05, 0.1) is 18.5 Å². The standard InChI is InChI=1S/C31H23ClN2O4/c1-38-26-17-16-21(23(19-26)18-22-10-8-9-15-28(22)32)20-27-29(35)33(24-11-4-2-5-12-24)31(37)34(30(27)36)25-13-6-3-7-14-25/h2-17,19-20H,18H2,1H3. The second-order valence-corrected chi connectivity index (χ2v) is 9.03. The molecule has 7 heteroatoms. The zero-order valence-corrected chi connectivity index (χ0v) is 21.3. The SMILES string of the molecule is COc1ccc(C=C2C(=O)N(c3ccccc3)C(=O)N(c3ccccc3)C2=O)c(Cc2ccccc2Cl)c1. The summed E-state index contributed by atoms with van der Waals surface area (Å²) < 4.78 is 5.43. The zero-order valence-electron chi connectivity index (χ0n) is 20.5. The highest BCUT2D eigenvalue weighted by molar-refractivity contribution is 6.46. The van der Waals surface area contributed by atoms with Crippen molar-refractivity contribution in [2.24, 2.45) is 0 Å². The Hall–Kier alpha value is -4.68. The number of urea groups is 1. The molecule has 0 saturated carbocycles. The molecular formula is C31H23ClN2O4. The molecule has 1 saturated heterocycles. The predicted molar refractivity (Wildman–Crippen MR) is 148 cm³/mol. The fourth-order valence-corrected chi connectivity index (χ4v) is 4.55. The van der Waals surface area contributed by atoms with Crippen LogP contribution in [-0.4, -0.2) is 25.0 Å². The number of ether oxygens (including phenoxy) is 1. The second-order valence-electron chi connectivity index (χ2n) is 8.63. The maximum atomic E-state index is 13.7. The van der Waals surface area contributed by atoms with Gasteiger partial charge in [-0.05, 0) is 71.7 Å². The van der Waals surface area contributed by atoms with E-state index in [1.165, 1.54) is 6.08 Å². The summed E-state index contributed by atoms with van der Waals surface area (Å²) in [7, 11) is 1.57. The van der Waals surface area contributed by atoms with E-state index >= 15 is 0 Å². The summed E-state index contributed by atoms with van der Waals surface area (Å²) in [6.07, 6.45) is 1.98. The smallest absolute Gasteiger partial charge is 0.343 e. The van der Waals surface area contributed by atoms with E-state index in [2.05, 4.69) is 0 Å². The average molecular weight is 523 g/mol. The molecule has 4 amide bonds. The van der Waals surface area contributed by atoms with Gasteiger partial charge in [0.25, 0.3) is 11.8 Å². The molecule has 0 aromatic heterocycles. The van der Waals surface area contributed by atoms with Crippen LogP contribution in [0, 0.1) is 0 Å². The van der Waals surface area contributed by atoms with Crippen LogP contribution >= 0.6 is 11.6 Å². The first-order valence-corrected chi connectivity index (χ1v) is 12.3. The summed E-state index contributed by atoms with van der Waals surface area (Å²) in [6.45, 7) is 0. The minimum absolute atomic E-state index is 0.136. The van der Waals surface area contributed by atoms with Gasteiger partial charge in [0.1, 0.15) is 11.3 Å². The largest absolute Gasteiger partial charge is 0.497 e. The van der Waals surface area contributed by atoms with Gasteiger partial charge in [0, 0.05) is 5.02 Å². The molecule has 0 aliphatic carbocycles. The van der Waals surface area contributed by atoms with E-state index in [-0.39, 0.29) is 5.57 Å². The first-order valence-electron chi connectivity index (χ1n) is 11.9. The number of carbonyl (C=O) groups excluding carboxylic acids is 3. The normalized spacial score (nSPS) is 13.6. The van der Waals surface area contributed by atoms with Gasteiger partial charge in [-0.3, -0.25) is 9.59 Å². The minimum Gasteiger partial charge on any atom is -0.497 e. The molecule has 38 heavy (non-hydrogen) atoms. The quantitative estimate of drug-likeness (QED) is 0.213. The van der Waals surface area contributed by atoms with Crippen LogP contribution in [0.15, 0.2) is 109 Å². The highest BCUT2D eigenvalue weighted by atomic mass is 35.5. The molecule has 1 aliphatic heterocycles. The van der Waals surface area contributed by atoms with Crippen LogP contribution in [0.5, 0.6) is 5.75 Å². The number of para-hydroxylation sites is 2. The lowest BCUT2D eigenvalue weighted by atomic mass is 9.96. The van der Waals surface area contributed by atoms with Crippen molar-refractivity contribution in [2.45, 2.75) is 6.42 Å². The maximum Gasteiger partial charge on any atom is 0.343 e. The van der Waals surface area contributed by atoms with Crippen LogP contribution in [0.25, 0.3) is 6.08 Å². The lowest BCUT2D eigenvalue weighted by Gasteiger charge is -2.34. The topological polar surface area (TPSA) is 66.9 Å². The van der Waals surface area contributed by atoms with Gasteiger partial charge in [-0.1, -0.05) is 72.3 Å². The predicted octanol–water partition coefficient (Wildman–Crippen LogP) is 6.52. The molecule has 188 valence electrons. The maximum absolute atomic E-state index is 13.7. The van der Waals surface area contributed by atoms with Gasteiger partial charge < -0.3 is 4.74 Å². The number of hydrogen-bond donors (Lipinski definition) is 0. The van der Waals surface area contributed by atoms with Crippen molar-refractivity contribution in [1.82, 2.24) is 0 Å². The number of rotatable bonds is 6. The highest BCUT2D eigenvalue weighted by Crippen LogP contribution is 2.31. The van der Waals surface area contributed by atoms with Crippen molar-refractivity contribution < 1.29 is 19.1 Å². The molecule has 0 unspecified atom stereocenters. The van der Waals surface area contributed by atoms with Crippen LogP contribution in [0.3, 0.4) is 0 Å². The van der Waals surface area contributed by atoms with Gasteiger partial charge in [0.2, 0.25) is 0 Å². The summed E-state index contributed by atoms with van der Waals surface area (Å²) in [4.78, 5) is 43.0. The summed E-state index contributed by atoms with van der Waals surface area (Å²) in [6, 6.07) is 29.3. The Labute approximate surface area is 225 Å². The van der Waals surface area contributed by atoms with E-state index in [0.717, 1.165) is 20.9 Å². The number of barbiturate groups is 1. The first-order chi connectivity index (χ1) is 18.5. The molecule has 0 bridgehead atoms. The Kier molecular flexibility index (Phi) is 7.07. The molecule has 1 heterocycles. The second kappa shape index (κ2) is 10.7. The number of halogens is 1. The summed E-state index contributed by atoms with van der Waals surface area (Å²) in [5.41, 5.74) is 2.93. The molecule has 4 aromatic rings. The lowest BCUT2D eigenvalue weighted by molar-refractivity contribution is -0.121. The van der Waals surface area contributed by atoms with E-state index < -0.39 is 17.8 Å². The zero-order chi connectivity index (χ0) is 26.6. The third-order valence-corrected chi connectivity index (χ3v) is 6.64. The van der Waals surface area contributed by atoms with Crippen LogP contribution in [-0.2, 0) is 16.0 Å². The van der Waals surface area contributed by atoms with Gasteiger partial charge in [-0.25, -0.2) is 14.6 Å². The average Bonchev–Trinajstić information content (AvgIpc) is 2.94. The van der Waals surface area contributed by atoms with Crippen molar-refractivity contribution >= 4 is 46.9 Å². The van der Waals surface area contributed by atoms with E-state index in [1.54, 1.807) is 79.9 Å². The number of imide groups is 2. The van der Waals surface area contributed by atoms with Gasteiger partial charge in [-0.15, -0.1) is 0 Å². The van der Waals surface area contributed by atoms with Crippen molar-refractivity contribution in [3.8, 4) is 5.75 Å². The highest BCUT2D eigenvalue weighted by Gasteiger charge is 2.43.